The van der Waals surface area contributed by atoms with Crippen LogP contribution in [0.2, 0.25) is 0 Å². The third-order valence-electron chi connectivity index (χ3n) is 2.85. The van der Waals surface area contributed by atoms with Crippen LogP contribution in [0.1, 0.15) is 40.5 Å². The molecule has 0 aliphatic heterocycles. The second-order valence-electron chi connectivity index (χ2n) is 3.84. The fourth-order valence-corrected chi connectivity index (χ4v) is 1.32. The Morgan fingerprint density at radius 1 is 1.42 bits per heavy atom. The van der Waals surface area contributed by atoms with Gasteiger partial charge in [0.1, 0.15) is 0 Å². The SMILES string of the molecule is CCC(CO[C]=O)C(C)(C)CC. The third-order valence-corrected chi connectivity index (χ3v) is 2.85. The second-order valence-corrected chi connectivity index (χ2v) is 3.84. The van der Waals surface area contributed by atoms with Gasteiger partial charge in [0.25, 0.3) is 0 Å². The Morgan fingerprint density at radius 3 is 2.33 bits per heavy atom. The number of hydrogen-bond donors (Lipinski definition) is 0. The van der Waals surface area contributed by atoms with E-state index < -0.39 is 0 Å². The van der Waals surface area contributed by atoms with Crippen LogP contribution in [-0.4, -0.2) is 13.1 Å². The van der Waals surface area contributed by atoms with Crippen LogP contribution in [0.25, 0.3) is 0 Å². The van der Waals surface area contributed by atoms with E-state index in [2.05, 4.69) is 32.4 Å². The van der Waals surface area contributed by atoms with E-state index in [1.54, 1.807) is 0 Å². The molecular formula is C10H19O2. The monoisotopic (exact) mass is 171 g/mol. The van der Waals surface area contributed by atoms with Crippen molar-refractivity contribution in [1.29, 1.82) is 0 Å². The molecule has 0 aromatic carbocycles. The Kier molecular flexibility index (Phi) is 4.95. The summed E-state index contributed by atoms with van der Waals surface area (Å²) in [6.45, 7) is 10.7. The number of ether oxygens (including phenoxy) is 1. The normalized spacial score (nSPS) is 14.0. The van der Waals surface area contributed by atoms with Crippen molar-refractivity contribution in [1.82, 2.24) is 0 Å². The van der Waals surface area contributed by atoms with Gasteiger partial charge < -0.3 is 4.74 Å². The van der Waals surface area contributed by atoms with E-state index in [0.29, 0.717) is 12.5 Å². The minimum Gasteiger partial charge on any atom is -0.457 e. The zero-order valence-corrected chi connectivity index (χ0v) is 8.52. The number of rotatable bonds is 6. The molecular weight excluding hydrogens is 152 g/mol. The van der Waals surface area contributed by atoms with Crippen LogP contribution in [0.15, 0.2) is 0 Å². The van der Waals surface area contributed by atoms with Crippen molar-refractivity contribution in [2.75, 3.05) is 6.61 Å². The first-order valence-corrected chi connectivity index (χ1v) is 4.57. The molecule has 0 aliphatic rings. The molecule has 0 amide bonds. The smallest absolute Gasteiger partial charge is 0.417 e. The number of carbonyl (C=O) groups excluding carboxylic acids is 1. The van der Waals surface area contributed by atoms with Gasteiger partial charge >= 0.3 is 6.47 Å². The highest BCUT2D eigenvalue weighted by Gasteiger charge is 2.26. The Bertz CT molecular complexity index is 130. The van der Waals surface area contributed by atoms with E-state index in [-0.39, 0.29) is 5.41 Å². The Balaban J connectivity index is 4.03. The first-order valence-electron chi connectivity index (χ1n) is 4.57. The van der Waals surface area contributed by atoms with Crippen molar-refractivity contribution in [3.63, 3.8) is 0 Å². The van der Waals surface area contributed by atoms with Gasteiger partial charge in [0.05, 0.1) is 6.61 Å². The molecule has 0 saturated carbocycles. The molecule has 0 aliphatic carbocycles. The summed E-state index contributed by atoms with van der Waals surface area (Å²) in [5.74, 6) is 0.448. The summed E-state index contributed by atoms with van der Waals surface area (Å²) >= 11 is 0. The Hall–Kier alpha value is -0.530. The highest BCUT2D eigenvalue weighted by Crippen LogP contribution is 2.32. The standard InChI is InChI=1S/C10H19O2/c1-5-9(7-12-8-11)10(3,4)6-2/h9H,5-7H2,1-4H3. The molecule has 2 heteroatoms. The van der Waals surface area contributed by atoms with Crippen LogP contribution in [0, 0.1) is 11.3 Å². The van der Waals surface area contributed by atoms with Crippen molar-refractivity contribution >= 4 is 6.47 Å². The van der Waals surface area contributed by atoms with Gasteiger partial charge in [-0.1, -0.05) is 34.1 Å². The molecule has 0 rings (SSSR count). The largest absolute Gasteiger partial charge is 0.457 e. The molecule has 0 saturated heterocycles. The molecule has 1 radical (unpaired) electrons. The fourth-order valence-electron chi connectivity index (χ4n) is 1.32. The molecule has 12 heavy (non-hydrogen) atoms. The van der Waals surface area contributed by atoms with Crippen LogP contribution >= 0.6 is 0 Å². The third kappa shape index (κ3) is 3.24. The lowest BCUT2D eigenvalue weighted by molar-refractivity contribution is 0.113. The maximum atomic E-state index is 9.89. The van der Waals surface area contributed by atoms with Gasteiger partial charge in [0.2, 0.25) is 0 Å². The summed E-state index contributed by atoms with van der Waals surface area (Å²) in [4.78, 5) is 9.89. The van der Waals surface area contributed by atoms with Crippen molar-refractivity contribution in [2.45, 2.75) is 40.5 Å². The minimum atomic E-state index is 0.256. The molecule has 0 bridgehead atoms. The molecule has 0 fully saturated rings. The second kappa shape index (κ2) is 5.18. The molecule has 0 N–H and O–H groups in total. The molecule has 0 aromatic rings. The molecule has 2 nitrogen and oxygen atoms in total. The average molecular weight is 171 g/mol. The fraction of sp³-hybridized carbons (Fsp3) is 0.900. The van der Waals surface area contributed by atoms with E-state index in [4.69, 9.17) is 0 Å². The van der Waals surface area contributed by atoms with Gasteiger partial charge in [0.15, 0.2) is 0 Å². The topological polar surface area (TPSA) is 26.3 Å². The molecule has 0 aromatic heterocycles. The van der Waals surface area contributed by atoms with Crippen LogP contribution in [-0.2, 0) is 9.53 Å². The predicted octanol–water partition coefficient (Wildman–Crippen LogP) is 2.53. The summed E-state index contributed by atoms with van der Waals surface area (Å²) < 4.78 is 4.67. The summed E-state index contributed by atoms with van der Waals surface area (Å²) in [5, 5.41) is 0. The van der Waals surface area contributed by atoms with Crippen LogP contribution in [0.4, 0.5) is 0 Å². The summed E-state index contributed by atoms with van der Waals surface area (Å²) in [5.41, 5.74) is 0.256. The van der Waals surface area contributed by atoms with E-state index in [9.17, 15) is 4.79 Å². The zero-order valence-electron chi connectivity index (χ0n) is 8.52. The van der Waals surface area contributed by atoms with Crippen LogP contribution in [0.5, 0.6) is 0 Å². The highest BCUT2D eigenvalue weighted by atomic mass is 16.5. The molecule has 0 spiro atoms. The van der Waals surface area contributed by atoms with E-state index in [0.717, 1.165) is 12.8 Å². The van der Waals surface area contributed by atoms with E-state index in [1.165, 1.54) is 6.47 Å². The molecule has 1 atom stereocenters. The van der Waals surface area contributed by atoms with Gasteiger partial charge in [-0.3, -0.25) is 0 Å². The summed E-state index contributed by atoms with van der Waals surface area (Å²) in [7, 11) is 0. The number of hydrogen-bond acceptors (Lipinski definition) is 2. The van der Waals surface area contributed by atoms with Gasteiger partial charge in [-0.15, -0.1) is 0 Å². The first kappa shape index (κ1) is 11.5. The van der Waals surface area contributed by atoms with Gasteiger partial charge in [-0.05, 0) is 17.8 Å². The minimum absolute atomic E-state index is 0.256. The zero-order chi connectivity index (χ0) is 9.61. The Labute approximate surface area is 75.3 Å². The summed E-state index contributed by atoms with van der Waals surface area (Å²) in [6.07, 6.45) is 2.15. The predicted molar refractivity (Wildman–Crippen MR) is 49.5 cm³/mol. The maximum absolute atomic E-state index is 9.89. The van der Waals surface area contributed by atoms with Crippen molar-refractivity contribution in [2.24, 2.45) is 11.3 Å². The summed E-state index contributed by atoms with van der Waals surface area (Å²) in [6, 6.07) is 0. The van der Waals surface area contributed by atoms with E-state index >= 15 is 0 Å². The molecule has 1 unspecified atom stereocenters. The Morgan fingerprint density at radius 2 is 2.00 bits per heavy atom. The first-order chi connectivity index (χ1) is 5.58. The van der Waals surface area contributed by atoms with Crippen LogP contribution in [0.3, 0.4) is 0 Å². The van der Waals surface area contributed by atoms with E-state index in [1.807, 2.05) is 0 Å². The molecule has 0 heterocycles. The lowest BCUT2D eigenvalue weighted by Crippen LogP contribution is -2.26. The van der Waals surface area contributed by atoms with Crippen LogP contribution < -0.4 is 0 Å². The molecule has 71 valence electrons. The van der Waals surface area contributed by atoms with Crippen molar-refractivity contribution < 1.29 is 9.53 Å². The van der Waals surface area contributed by atoms with Gasteiger partial charge in [-0.2, -0.15) is 0 Å². The van der Waals surface area contributed by atoms with Gasteiger partial charge in [-0.25, -0.2) is 4.79 Å². The lowest BCUT2D eigenvalue weighted by atomic mass is 9.76. The van der Waals surface area contributed by atoms with Crippen molar-refractivity contribution in [3.05, 3.63) is 0 Å². The average Bonchev–Trinajstić information content (AvgIpc) is 2.05. The maximum Gasteiger partial charge on any atom is 0.417 e. The van der Waals surface area contributed by atoms with Crippen molar-refractivity contribution in [3.8, 4) is 0 Å². The highest BCUT2D eigenvalue weighted by molar-refractivity contribution is 5.38. The van der Waals surface area contributed by atoms with Gasteiger partial charge in [0, 0.05) is 0 Å². The quantitative estimate of drug-likeness (QED) is 0.614. The lowest BCUT2D eigenvalue weighted by Gasteiger charge is -2.31.